The molecule has 1 rings (SSSR count). The fourth-order valence-electron chi connectivity index (χ4n) is 1.03. The van der Waals surface area contributed by atoms with E-state index in [4.69, 9.17) is 0 Å². The van der Waals surface area contributed by atoms with E-state index in [1.807, 2.05) is 0 Å². The molecule has 9 heteroatoms. The van der Waals surface area contributed by atoms with E-state index in [2.05, 4.69) is 21.1 Å². The number of sulfonamides is 1. The SMILES string of the molecule is NS(=O)(=O)c1c(C(F)(F)F)ccc(F)c1Br. The van der Waals surface area contributed by atoms with E-state index in [9.17, 15) is 26.0 Å². The van der Waals surface area contributed by atoms with Gasteiger partial charge in [-0.3, -0.25) is 0 Å². The third kappa shape index (κ3) is 2.53. The minimum atomic E-state index is -4.93. The van der Waals surface area contributed by atoms with Gasteiger partial charge in [0.05, 0.1) is 10.0 Å². The van der Waals surface area contributed by atoms with E-state index in [0.29, 0.717) is 12.1 Å². The second-order valence-corrected chi connectivity index (χ2v) is 5.07. The van der Waals surface area contributed by atoms with Gasteiger partial charge < -0.3 is 0 Å². The number of primary sulfonamides is 1. The molecule has 0 aromatic heterocycles. The molecule has 2 N–H and O–H groups in total. The van der Waals surface area contributed by atoms with Crippen LogP contribution in [0.2, 0.25) is 0 Å². The van der Waals surface area contributed by atoms with Crippen LogP contribution in [0.25, 0.3) is 0 Å². The first kappa shape index (κ1) is 13.4. The zero-order valence-corrected chi connectivity index (χ0v) is 9.75. The summed E-state index contributed by atoms with van der Waals surface area (Å²) in [7, 11) is -4.68. The molecule has 0 heterocycles. The number of halogens is 5. The first-order valence-corrected chi connectivity index (χ1v) is 5.97. The highest BCUT2D eigenvalue weighted by Gasteiger charge is 2.38. The predicted octanol–water partition coefficient (Wildman–Crippen LogP) is 2.25. The van der Waals surface area contributed by atoms with E-state index in [1.54, 1.807) is 0 Å². The van der Waals surface area contributed by atoms with Crippen molar-refractivity contribution in [3.05, 3.63) is 28.0 Å². The van der Waals surface area contributed by atoms with Crippen molar-refractivity contribution < 1.29 is 26.0 Å². The van der Waals surface area contributed by atoms with Gasteiger partial charge in [-0.1, -0.05) is 0 Å². The van der Waals surface area contributed by atoms with E-state index in [1.165, 1.54) is 0 Å². The van der Waals surface area contributed by atoms with Crippen LogP contribution in [0.15, 0.2) is 21.5 Å². The van der Waals surface area contributed by atoms with Crippen molar-refractivity contribution >= 4 is 26.0 Å². The van der Waals surface area contributed by atoms with E-state index in [-0.39, 0.29) is 0 Å². The first-order valence-electron chi connectivity index (χ1n) is 3.63. The topological polar surface area (TPSA) is 60.2 Å². The van der Waals surface area contributed by atoms with Crippen LogP contribution in [-0.2, 0) is 16.2 Å². The summed E-state index contributed by atoms with van der Waals surface area (Å²) in [6.07, 6.45) is -4.93. The minimum Gasteiger partial charge on any atom is -0.225 e. The number of rotatable bonds is 1. The maximum atomic E-state index is 12.9. The molecule has 3 nitrogen and oxygen atoms in total. The molecule has 0 aliphatic heterocycles. The smallest absolute Gasteiger partial charge is 0.225 e. The summed E-state index contributed by atoms with van der Waals surface area (Å²) >= 11 is 2.43. The molecule has 0 saturated carbocycles. The van der Waals surface area contributed by atoms with Crippen molar-refractivity contribution in [3.8, 4) is 0 Å². The minimum absolute atomic E-state index is 0.319. The molecule has 0 radical (unpaired) electrons. The lowest BCUT2D eigenvalue weighted by molar-refractivity contribution is -0.140. The highest BCUT2D eigenvalue weighted by molar-refractivity contribution is 9.10. The fraction of sp³-hybridized carbons (Fsp3) is 0.143. The number of hydrogen-bond acceptors (Lipinski definition) is 2. The Kier molecular flexibility index (Phi) is 3.32. The Morgan fingerprint density at radius 1 is 1.25 bits per heavy atom. The van der Waals surface area contributed by atoms with Crippen molar-refractivity contribution in [3.63, 3.8) is 0 Å². The second-order valence-electron chi connectivity index (χ2n) is 2.78. The molecule has 16 heavy (non-hydrogen) atoms. The van der Waals surface area contributed by atoms with Crippen molar-refractivity contribution in [2.24, 2.45) is 5.14 Å². The van der Waals surface area contributed by atoms with Crippen LogP contribution in [0.3, 0.4) is 0 Å². The highest BCUT2D eigenvalue weighted by atomic mass is 79.9. The molecule has 0 amide bonds. The normalized spacial score (nSPS) is 12.9. The maximum absolute atomic E-state index is 12.9. The lowest BCUT2D eigenvalue weighted by Crippen LogP contribution is -2.20. The Morgan fingerprint density at radius 3 is 2.12 bits per heavy atom. The van der Waals surface area contributed by atoms with Gasteiger partial charge >= 0.3 is 6.18 Å². The standard InChI is InChI=1S/C7H4BrF4NO2S/c8-5-4(9)2-1-3(7(10,11)12)6(5)16(13,14)15/h1-2H,(H2,13,14,15). The van der Waals surface area contributed by atoms with Gasteiger partial charge in [0, 0.05) is 0 Å². The molecule has 0 saturated heterocycles. The molecule has 0 fully saturated rings. The number of benzene rings is 1. The molecule has 1 aromatic rings. The van der Waals surface area contributed by atoms with Crippen LogP contribution in [0.4, 0.5) is 17.6 Å². The Labute approximate surface area is 96.4 Å². The zero-order valence-electron chi connectivity index (χ0n) is 7.35. The lowest BCUT2D eigenvalue weighted by atomic mass is 10.2. The average molecular weight is 322 g/mol. The highest BCUT2D eigenvalue weighted by Crippen LogP contribution is 2.38. The quantitative estimate of drug-likeness (QED) is 0.806. The van der Waals surface area contributed by atoms with Crippen molar-refractivity contribution in [1.82, 2.24) is 0 Å². The Morgan fingerprint density at radius 2 is 1.75 bits per heavy atom. The van der Waals surface area contributed by atoms with Gasteiger partial charge in [-0.15, -0.1) is 0 Å². The van der Waals surface area contributed by atoms with Crippen LogP contribution in [0.1, 0.15) is 5.56 Å². The van der Waals surface area contributed by atoms with Crippen molar-refractivity contribution in [1.29, 1.82) is 0 Å². The summed E-state index contributed by atoms with van der Waals surface area (Å²) in [5.74, 6) is -1.14. The summed E-state index contributed by atoms with van der Waals surface area (Å²) in [5, 5.41) is 4.60. The molecule has 0 unspecified atom stereocenters. The van der Waals surface area contributed by atoms with Crippen LogP contribution in [-0.4, -0.2) is 8.42 Å². The summed E-state index contributed by atoms with van der Waals surface area (Å²) in [4.78, 5) is -1.31. The predicted molar refractivity (Wildman–Crippen MR) is 50.5 cm³/mol. The molecule has 1 aromatic carbocycles. The first-order chi connectivity index (χ1) is 7.05. The molecule has 0 bridgehead atoms. The van der Waals surface area contributed by atoms with Gasteiger partial charge in [-0.05, 0) is 28.1 Å². The van der Waals surface area contributed by atoms with Crippen LogP contribution < -0.4 is 5.14 Å². The summed E-state index contributed by atoms with van der Waals surface area (Å²) in [6.45, 7) is 0. The third-order valence-electron chi connectivity index (χ3n) is 1.64. The largest absolute Gasteiger partial charge is 0.417 e. The number of alkyl halides is 3. The lowest BCUT2D eigenvalue weighted by Gasteiger charge is -2.12. The van der Waals surface area contributed by atoms with E-state index >= 15 is 0 Å². The van der Waals surface area contributed by atoms with Gasteiger partial charge in [0.15, 0.2) is 0 Å². The maximum Gasteiger partial charge on any atom is 0.417 e. The average Bonchev–Trinajstić information content (AvgIpc) is 2.05. The van der Waals surface area contributed by atoms with Crippen molar-refractivity contribution in [2.75, 3.05) is 0 Å². The van der Waals surface area contributed by atoms with Gasteiger partial charge in [-0.25, -0.2) is 17.9 Å². The molecule has 0 aliphatic rings. The van der Waals surface area contributed by atoms with Crippen LogP contribution in [0.5, 0.6) is 0 Å². The van der Waals surface area contributed by atoms with Crippen LogP contribution >= 0.6 is 15.9 Å². The third-order valence-corrected chi connectivity index (χ3v) is 3.67. The fourth-order valence-corrected chi connectivity index (χ4v) is 2.89. The van der Waals surface area contributed by atoms with Gasteiger partial charge in [0.2, 0.25) is 10.0 Å². The monoisotopic (exact) mass is 321 g/mol. The second kappa shape index (κ2) is 3.97. The molecule has 0 atom stereocenters. The zero-order chi connectivity index (χ0) is 12.7. The molecule has 90 valence electrons. The Balaban J connectivity index is 3.73. The molecule has 0 aliphatic carbocycles. The molecule has 0 spiro atoms. The number of hydrogen-bond donors (Lipinski definition) is 1. The number of nitrogens with two attached hydrogens (primary N) is 1. The van der Waals surface area contributed by atoms with Gasteiger partial charge in [0.1, 0.15) is 10.7 Å². The van der Waals surface area contributed by atoms with Crippen molar-refractivity contribution in [2.45, 2.75) is 11.1 Å². The Hall–Kier alpha value is -0.670. The summed E-state index contributed by atoms with van der Waals surface area (Å²) < 4.78 is 71.3. The van der Waals surface area contributed by atoms with Gasteiger partial charge in [-0.2, -0.15) is 13.2 Å². The van der Waals surface area contributed by atoms with Gasteiger partial charge in [0.25, 0.3) is 0 Å². The molecular formula is C7H4BrF4NO2S. The van der Waals surface area contributed by atoms with E-state index in [0.717, 1.165) is 0 Å². The van der Waals surface area contributed by atoms with E-state index < -0.39 is 36.9 Å². The Bertz CT molecular complexity index is 526. The summed E-state index contributed by atoms with van der Waals surface area (Å²) in [6, 6.07) is 0.821. The summed E-state index contributed by atoms with van der Waals surface area (Å²) in [5.41, 5.74) is -1.51. The molecular weight excluding hydrogens is 318 g/mol. The van der Waals surface area contributed by atoms with Crippen LogP contribution in [0, 0.1) is 5.82 Å².